The van der Waals surface area contributed by atoms with Crippen LogP contribution in [-0.4, -0.2) is 35.5 Å². The number of aromatic nitrogens is 3. The fraction of sp³-hybridized carbons (Fsp3) is 0.300. The first-order valence-electron chi connectivity index (χ1n) is 9.33. The Kier molecular flexibility index (Phi) is 6.16. The van der Waals surface area contributed by atoms with Gasteiger partial charge in [0.05, 0.1) is 16.5 Å². The van der Waals surface area contributed by atoms with E-state index in [0.717, 1.165) is 12.3 Å². The van der Waals surface area contributed by atoms with Gasteiger partial charge in [-0.3, -0.25) is 14.4 Å². The number of nitrogens with two attached hydrogens (primary N) is 1. The minimum Gasteiger partial charge on any atom is -0.386 e. The van der Waals surface area contributed by atoms with Gasteiger partial charge in [-0.05, 0) is 37.5 Å². The quantitative estimate of drug-likeness (QED) is 0.324. The third kappa shape index (κ3) is 4.61. The molecule has 2 heterocycles. The fourth-order valence-corrected chi connectivity index (χ4v) is 4.19. The second kappa shape index (κ2) is 8.50. The van der Waals surface area contributed by atoms with Crippen LogP contribution in [0.25, 0.3) is 11.0 Å². The summed E-state index contributed by atoms with van der Waals surface area (Å²) in [4.78, 5) is 22.3. The first kappa shape index (κ1) is 22.5. The van der Waals surface area contributed by atoms with Gasteiger partial charge >= 0.3 is 0 Å². The van der Waals surface area contributed by atoms with Crippen molar-refractivity contribution in [3.63, 3.8) is 0 Å². The summed E-state index contributed by atoms with van der Waals surface area (Å²) in [5.41, 5.74) is 6.16. The predicted molar refractivity (Wildman–Crippen MR) is 117 cm³/mol. The number of hydrogen-bond donors (Lipinski definition) is 4. The van der Waals surface area contributed by atoms with Crippen LogP contribution >= 0.6 is 0 Å². The molecule has 0 aliphatic carbocycles. The SMILES string of the molecule is CC(CS(=O)C(C)(C)C(=N)N)c1cc(Nc2nccc3[nH]c(=O)cnc23)cc(F)c1F. The summed E-state index contributed by atoms with van der Waals surface area (Å²) >= 11 is 0. The van der Waals surface area contributed by atoms with E-state index in [2.05, 4.69) is 20.3 Å². The largest absolute Gasteiger partial charge is 0.386 e. The van der Waals surface area contributed by atoms with Gasteiger partial charge in [-0.25, -0.2) is 18.7 Å². The highest BCUT2D eigenvalue weighted by molar-refractivity contribution is 7.87. The van der Waals surface area contributed by atoms with Gasteiger partial charge in [0.1, 0.15) is 11.4 Å². The molecule has 0 radical (unpaired) electrons. The Hall–Kier alpha value is -3.21. The van der Waals surface area contributed by atoms with Crippen LogP contribution in [0.15, 0.2) is 35.4 Å². The van der Waals surface area contributed by atoms with Crippen LogP contribution in [-0.2, 0) is 10.8 Å². The molecule has 0 spiro atoms. The molecule has 11 heteroatoms. The second-order valence-electron chi connectivity index (χ2n) is 7.63. The normalized spacial score (nSPS) is 13.7. The Bertz CT molecular complexity index is 1240. The molecule has 0 bridgehead atoms. The zero-order chi connectivity index (χ0) is 22.9. The van der Waals surface area contributed by atoms with E-state index in [1.807, 2.05) is 0 Å². The van der Waals surface area contributed by atoms with E-state index in [4.69, 9.17) is 11.1 Å². The van der Waals surface area contributed by atoms with Crippen molar-refractivity contribution in [2.45, 2.75) is 31.4 Å². The molecule has 0 saturated heterocycles. The third-order valence-electron chi connectivity index (χ3n) is 4.96. The molecule has 2 aromatic heterocycles. The molecule has 0 fully saturated rings. The molecule has 164 valence electrons. The molecular weight excluding hydrogens is 426 g/mol. The lowest BCUT2D eigenvalue weighted by molar-refractivity contribution is 0.494. The number of pyridine rings is 1. The van der Waals surface area contributed by atoms with Gasteiger partial charge in [0, 0.05) is 34.5 Å². The maximum Gasteiger partial charge on any atom is 0.266 e. The van der Waals surface area contributed by atoms with Crippen molar-refractivity contribution < 1.29 is 13.0 Å². The smallest absolute Gasteiger partial charge is 0.266 e. The summed E-state index contributed by atoms with van der Waals surface area (Å²) in [6, 6.07) is 3.96. The van der Waals surface area contributed by atoms with Gasteiger partial charge in [0.25, 0.3) is 5.56 Å². The van der Waals surface area contributed by atoms with Gasteiger partial charge in [0.2, 0.25) is 0 Å². The Balaban J connectivity index is 1.94. The Morgan fingerprint density at radius 3 is 2.74 bits per heavy atom. The number of aromatic amines is 1. The highest BCUT2D eigenvalue weighted by Gasteiger charge is 2.31. The maximum absolute atomic E-state index is 14.5. The lowest BCUT2D eigenvalue weighted by Crippen LogP contribution is -2.43. The summed E-state index contributed by atoms with van der Waals surface area (Å²) in [5.74, 6) is -2.74. The number of hydrogen-bond acceptors (Lipinski definition) is 6. The lowest BCUT2D eigenvalue weighted by Gasteiger charge is -2.24. The molecule has 0 saturated carbocycles. The van der Waals surface area contributed by atoms with Gasteiger partial charge in [0.15, 0.2) is 17.5 Å². The molecule has 0 amide bonds. The topological polar surface area (TPSA) is 138 Å². The minimum absolute atomic E-state index is 0.0122. The number of nitrogens with zero attached hydrogens (tertiary/aromatic N) is 2. The highest BCUT2D eigenvalue weighted by atomic mass is 32.2. The molecule has 8 nitrogen and oxygen atoms in total. The third-order valence-corrected chi connectivity index (χ3v) is 7.12. The molecule has 2 atom stereocenters. The number of nitrogens with one attached hydrogen (secondary N) is 3. The minimum atomic E-state index is -1.59. The van der Waals surface area contributed by atoms with Crippen molar-refractivity contribution in [1.29, 1.82) is 5.41 Å². The second-order valence-corrected chi connectivity index (χ2v) is 9.67. The molecule has 31 heavy (non-hydrogen) atoms. The predicted octanol–water partition coefficient (Wildman–Crippen LogP) is 2.91. The van der Waals surface area contributed by atoms with Crippen LogP contribution in [0.3, 0.4) is 0 Å². The summed E-state index contributed by atoms with van der Waals surface area (Å²) in [5, 5.41) is 10.5. The van der Waals surface area contributed by atoms with E-state index < -0.39 is 33.1 Å². The molecule has 2 unspecified atom stereocenters. The Morgan fingerprint density at radius 2 is 2.06 bits per heavy atom. The van der Waals surface area contributed by atoms with Crippen LogP contribution in [0.5, 0.6) is 0 Å². The summed E-state index contributed by atoms with van der Waals surface area (Å²) < 4.78 is 40.4. The average Bonchev–Trinajstić information content (AvgIpc) is 2.70. The Morgan fingerprint density at radius 1 is 1.35 bits per heavy atom. The number of amidine groups is 1. The van der Waals surface area contributed by atoms with Crippen molar-refractivity contribution in [2.24, 2.45) is 5.73 Å². The lowest BCUT2D eigenvalue weighted by atomic mass is 10.0. The van der Waals surface area contributed by atoms with Crippen molar-refractivity contribution in [2.75, 3.05) is 11.1 Å². The first-order valence-corrected chi connectivity index (χ1v) is 10.7. The van der Waals surface area contributed by atoms with Gasteiger partial charge < -0.3 is 16.0 Å². The van der Waals surface area contributed by atoms with Crippen LogP contribution in [0.4, 0.5) is 20.3 Å². The standard InChI is InChI=1S/C20H22F2N6O2S/c1-10(9-31(30)20(2,3)19(23)24)12-6-11(7-13(21)16(12)22)27-18-17-14(4-5-25-18)28-15(29)8-26-17/h4-8,10H,9H2,1-3H3,(H3,23,24)(H,25,27)(H,28,29). The molecule has 3 aromatic rings. The monoisotopic (exact) mass is 448 g/mol. The number of fused-ring (bicyclic) bond motifs is 1. The molecule has 0 aliphatic heterocycles. The summed E-state index contributed by atoms with van der Waals surface area (Å²) in [6.45, 7) is 4.76. The van der Waals surface area contributed by atoms with E-state index >= 15 is 0 Å². The maximum atomic E-state index is 14.5. The highest BCUT2D eigenvalue weighted by Crippen LogP contribution is 2.30. The first-order chi connectivity index (χ1) is 14.5. The summed E-state index contributed by atoms with van der Waals surface area (Å²) in [6.07, 6.45) is 2.54. The van der Waals surface area contributed by atoms with Crippen LogP contribution in [0, 0.1) is 17.0 Å². The van der Waals surface area contributed by atoms with Crippen LogP contribution in [0.2, 0.25) is 0 Å². The van der Waals surface area contributed by atoms with Crippen molar-refractivity contribution in [3.05, 3.63) is 58.1 Å². The summed E-state index contributed by atoms with van der Waals surface area (Å²) in [7, 11) is -1.59. The zero-order valence-electron chi connectivity index (χ0n) is 17.1. The van der Waals surface area contributed by atoms with Crippen LogP contribution < -0.4 is 16.6 Å². The molecule has 5 N–H and O–H groups in total. The molecular formula is C20H22F2N6O2S. The van der Waals surface area contributed by atoms with Crippen molar-refractivity contribution in [3.8, 4) is 0 Å². The van der Waals surface area contributed by atoms with E-state index in [1.165, 1.54) is 12.3 Å². The van der Waals surface area contributed by atoms with E-state index in [1.54, 1.807) is 26.8 Å². The molecule has 0 aliphatic rings. The van der Waals surface area contributed by atoms with Crippen LogP contribution in [0.1, 0.15) is 32.3 Å². The van der Waals surface area contributed by atoms with Crippen molar-refractivity contribution >= 4 is 39.2 Å². The number of anilines is 2. The van der Waals surface area contributed by atoms with Crippen molar-refractivity contribution in [1.82, 2.24) is 15.0 Å². The van der Waals surface area contributed by atoms with Gasteiger partial charge in [-0.15, -0.1) is 0 Å². The molecule has 1 aromatic carbocycles. The van der Waals surface area contributed by atoms with E-state index in [0.29, 0.717) is 11.0 Å². The van der Waals surface area contributed by atoms with Gasteiger partial charge in [-0.2, -0.15) is 0 Å². The zero-order valence-corrected chi connectivity index (χ0v) is 17.9. The number of rotatable bonds is 7. The van der Waals surface area contributed by atoms with Gasteiger partial charge in [-0.1, -0.05) is 6.92 Å². The van der Waals surface area contributed by atoms with E-state index in [9.17, 15) is 17.8 Å². The molecule has 3 rings (SSSR count). The number of halogens is 2. The average molecular weight is 448 g/mol. The number of benzene rings is 1. The Labute approximate surface area is 179 Å². The number of H-pyrrole nitrogens is 1. The fourth-order valence-electron chi connectivity index (χ4n) is 2.89. The van der Waals surface area contributed by atoms with E-state index in [-0.39, 0.29) is 34.2 Å².